The number of anilines is 1. The number of ether oxygens (including phenoxy) is 1. The first-order valence-corrected chi connectivity index (χ1v) is 6.57. The van der Waals surface area contributed by atoms with E-state index in [9.17, 15) is 10.1 Å². The summed E-state index contributed by atoms with van der Waals surface area (Å²) in [6.07, 6.45) is 1.26. The van der Waals surface area contributed by atoms with E-state index in [2.05, 4.69) is 19.2 Å². The molecule has 1 aromatic carbocycles. The van der Waals surface area contributed by atoms with Crippen LogP contribution in [-0.4, -0.2) is 23.7 Å². The molecule has 2 unspecified atom stereocenters. The van der Waals surface area contributed by atoms with Crippen molar-refractivity contribution in [2.45, 2.75) is 39.3 Å². The molecule has 1 aliphatic rings. The van der Waals surface area contributed by atoms with Crippen LogP contribution in [0.15, 0.2) is 24.3 Å². The molecule has 104 valence electrons. The average molecular weight is 264 g/mol. The zero-order chi connectivity index (χ0) is 14.0. The third kappa shape index (κ3) is 2.71. The molecule has 19 heavy (non-hydrogen) atoms. The topological polar surface area (TPSA) is 64.4 Å². The van der Waals surface area contributed by atoms with Crippen molar-refractivity contribution in [1.29, 1.82) is 0 Å². The number of benzene rings is 1. The van der Waals surface area contributed by atoms with Crippen LogP contribution in [0.2, 0.25) is 0 Å². The molecule has 0 aliphatic heterocycles. The van der Waals surface area contributed by atoms with Crippen LogP contribution < -0.4 is 5.32 Å². The monoisotopic (exact) mass is 264 g/mol. The van der Waals surface area contributed by atoms with Gasteiger partial charge in [0.25, 0.3) is 5.69 Å². The largest absolute Gasteiger partial charge is 0.382 e. The van der Waals surface area contributed by atoms with Crippen LogP contribution in [-0.2, 0) is 4.74 Å². The summed E-state index contributed by atoms with van der Waals surface area (Å²) in [4.78, 5) is 10.2. The standard InChI is InChI=1S/C14H20N2O3/c1-4-19-13-9-12(14(13,2)3)15-10-5-7-11(8-6-10)16(17)18/h5-8,12-13,15H,4,9H2,1-3H3. The normalized spacial score (nSPS) is 24.6. The van der Waals surface area contributed by atoms with Gasteiger partial charge in [-0.1, -0.05) is 13.8 Å². The highest BCUT2D eigenvalue weighted by Crippen LogP contribution is 2.44. The first-order chi connectivity index (χ1) is 8.95. The van der Waals surface area contributed by atoms with E-state index in [1.54, 1.807) is 12.1 Å². The Kier molecular flexibility index (Phi) is 3.75. The number of hydrogen-bond donors (Lipinski definition) is 1. The summed E-state index contributed by atoms with van der Waals surface area (Å²) in [6.45, 7) is 7.10. The van der Waals surface area contributed by atoms with Gasteiger partial charge in [0.15, 0.2) is 0 Å². The van der Waals surface area contributed by atoms with Crippen molar-refractivity contribution >= 4 is 11.4 Å². The van der Waals surface area contributed by atoms with Gasteiger partial charge in [-0.3, -0.25) is 10.1 Å². The molecule has 5 heteroatoms. The number of non-ortho nitro benzene ring substituents is 1. The van der Waals surface area contributed by atoms with Gasteiger partial charge < -0.3 is 10.1 Å². The van der Waals surface area contributed by atoms with Gasteiger partial charge in [-0.2, -0.15) is 0 Å². The molecule has 0 bridgehead atoms. The molecule has 1 fully saturated rings. The molecular weight excluding hydrogens is 244 g/mol. The Labute approximate surface area is 113 Å². The first kappa shape index (κ1) is 13.8. The molecule has 2 atom stereocenters. The third-order valence-electron chi connectivity index (χ3n) is 3.96. The van der Waals surface area contributed by atoms with Crippen LogP contribution in [0.25, 0.3) is 0 Å². The summed E-state index contributed by atoms with van der Waals surface area (Å²) in [6, 6.07) is 6.89. The lowest BCUT2D eigenvalue weighted by molar-refractivity contribution is -0.384. The van der Waals surface area contributed by atoms with Crippen molar-refractivity contribution in [2.24, 2.45) is 5.41 Å². The molecule has 0 radical (unpaired) electrons. The van der Waals surface area contributed by atoms with E-state index in [1.165, 1.54) is 12.1 Å². The smallest absolute Gasteiger partial charge is 0.269 e. The van der Waals surface area contributed by atoms with E-state index in [0.717, 1.165) is 18.7 Å². The fourth-order valence-corrected chi connectivity index (χ4v) is 2.49. The van der Waals surface area contributed by atoms with Crippen molar-refractivity contribution in [2.75, 3.05) is 11.9 Å². The zero-order valence-electron chi connectivity index (χ0n) is 11.6. The number of nitro benzene ring substituents is 1. The second-order valence-electron chi connectivity index (χ2n) is 5.50. The maximum Gasteiger partial charge on any atom is 0.269 e. The maximum absolute atomic E-state index is 10.6. The Morgan fingerprint density at radius 1 is 1.42 bits per heavy atom. The minimum atomic E-state index is -0.387. The fourth-order valence-electron chi connectivity index (χ4n) is 2.49. The van der Waals surface area contributed by atoms with Crippen molar-refractivity contribution in [1.82, 2.24) is 0 Å². The summed E-state index contributed by atoms with van der Waals surface area (Å²) >= 11 is 0. The number of nitro groups is 1. The molecule has 0 saturated heterocycles. The second-order valence-corrected chi connectivity index (χ2v) is 5.50. The van der Waals surface area contributed by atoms with Crippen LogP contribution in [0.3, 0.4) is 0 Å². The molecule has 1 aliphatic carbocycles. The summed E-state index contributed by atoms with van der Waals surface area (Å²) in [5, 5.41) is 14.0. The van der Waals surface area contributed by atoms with E-state index in [4.69, 9.17) is 4.74 Å². The van der Waals surface area contributed by atoms with Crippen LogP contribution in [0.1, 0.15) is 27.2 Å². The number of nitrogens with one attached hydrogen (secondary N) is 1. The zero-order valence-corrected chi connectivity index (χ0v) is 11.6. The summed E-state index contributed by atoms with van der Waals surface area (Å²) in [5.41, 5.74) is 1.11. The molecule has 0 heterocycles. The van der Waals surface area contributed by atoms with Gasteiger partial charge in [0.05, 0.1) is 11.0 Å². The van der Waals surface area contributed by atoms with E-state index in [0.29, 0.717) is 6.04 Å². The van der Waals surface area contributed by atoms with Crippen LogP contribution >= 0.6 is 0 Å². The van der Waals surface area contributed by atoms with Crippen LogP contribution in [0.4, 0.5) is 11.4 Å². The van der Waals surface area contributed by atoms with Crippen molar-refractivity contribution in [3.8, 4) is 0 Å². The Balaban J connectivity index is 1.97. The van der Waals surface area contributed by atoms with Crippen molar-refractivity contribution < 1.29 is 9.66 Å². The second kappa shape index (κ2) is 5.17. The third-order valence-corrected chi connectivity index (χ3v) is 3.96. The summed E-state index contributed by atoms with van der Waals surface area (Å²) < 4.78 is 5.68. The lowest BCUT2D eigenvalue weighted by Crippen LogP contribution is -2.58. The van der Waals surface area contributed by atoms with Gasteiger partial charge in [0.2, 0.25) is 0 Å². The Morgan fingerprint density at radius 3 is 2.53 bits per heavy atom. The van der Waals surface area contributed by atoms with Crippen molar-refractivity contribution in [3.63, 3.8) is 0 Å². The maximum atomic E-state index is 10.6. The quantitative estimate of drug-likeness (QED) is 0.655. The van der Waals surface area contributed by atoms with E-state index >= 15 is 0 Å². The Hall–Kier alpha value is -1.62. The van der Waals surface area contributed by atoms with E-state index < -0.39 is 0 Å². The first-order valence-electron chi connectivity index (χ1n) is 6.57. The highest BCUT2D eigenvalue weighted by atomic mass is 16.6. The Bertz CT molecular complexity index is 456. The molecular formula is C14H20N2O3. The minimum Gasteiger partial charge on any atom is -0.382 e. The fraction of sp³-hybridized carbons (Fsp3) is 0.571. The molecule has 1 saturated carbocycles. The minimum absolute atomic E-state index is 0.0811. The number of hydrogen-bond acceptors (Lipinski definition) is 4. The summed E-state index contributed by atoms with van der Waals surface area (Å²) in [7, 11) is 0. The van der Waals surface area contributed by atoms with Crippen molar-refractivity contribution in [3.05, 3.63) is 34.4 Å². The SMILES string of the molecule is CCOC1CC(Nc2ccc([N+](=O)[O-])cc2)C1(C)C. The van der Waals surface area contributed by atoms with Gasteiger partial charge in [0, 0.05) is 35.9 Å². The predicted octanol–water partition coefficient (Wildman–Crippen LogP) is 3.21. The van der Waals surface area contributed by atoms with Gasteiger partial charge >= 0.3 is 0 Å². The van der Waals surface area contributed by atoms with Crippen LogP contribution in [0.5, 0.6) is 0 Å². The van der Waals surface area contributed by atoms with E-state index in [-0.39, 0.29) is 22.1 Å². The lowest BCUT2D eigenvalue weighted by atomic mass is 9.64. The molecule has 0 amide bonds. The van der Waals surface area contributed by atoms with Gasteiger partial charge in [0.1, 0.15) is 0 Å². The molecule has 2 rings (SSSR count). The van der Waals surface area contributed by atoms with Gasteiger partial charge in [-0.15, -0.1) is 0 Å². The lowest BCUT2D eigenvalue weighted by Gasteiger charge is -2.52. The molecule has 0 aromatic heterocycles. The number of rotatable bonds is 5. The summed E-state index contributed by atoms with van der Waals surface area (Å²) in [5.74, 6) is 0. The molecule has 1 aromatic rings. The highest BCUT2D eigenvalue weighted by Gasteiger charge is 2.48. The average Bonchev–Trinajstić information content (AvgIpc) is 2.38. The van der Waals surface area contributed by atoms with Gasteiger partial charge in [-0.05, 0) is 25.5 Å². The van der Waals surface area contributed by atoms with E-state index in [1.807, 2.05) is 6.92 Å². The molecule has 0 spiro atoms. The molecule has 1 N–H and O–H groups in total. The Morgan fingerprint density at radius 2 is 2.05 bits per heavy atom. The highest BCUT2D eigenvalue weighted by molar-refractivity contribution is 5.50. The molecule has 5 nitrogen and oxygen atoms in total. The predicted molar refractivity (Wildman–Crippen MR) is 74.3 cm³/mol. The number of nitrogens with zero attached hydrogens (tertiary/aromatic N) is 1. The van der Waals surface area contributed by atoms with Crippen LogP contribution in [0, 0.1) is 15.5 Å². The van der Waals surface area contributed by atoms with Gasteiger partial charge in [-0.25, -0.2) is 0 Å².